The van der Waals surface area contributed by atoms with Crippen LogP contribution in [0.2, 0.25) is 0 Å². The lowest BCUT2D eigenvalue weighted by molar-refractivity contribution is -0.148. The van der Waals surface area contributed by atoms with Crippen LogP contribution in [0.25, 0.3) is 0 Å². The molecule has 0 atom stereocenters. The molecule has 9 heteroatoms. The highest BCUT2D eigenvalue weighted by Crippen LogP contribution is 2.47. The molecule has 0 N–H and O–H groups in total. The average Bonchev–Trinajstić information content (AvgIpc) is 2.16. The molecule has 0 unspecified atom stereocenters. The van der Waals surface area contributed by atoms with Gasteiger partial charge in [-0.1, -0.05) is 0 Å². The maximum absolute atomic E-state index is 11.8. The number of hydrogen-bond acceptors (Lipinski definition) is 7. The van der Waals surface area contributed by atoms with E-state index in [9.17, 15) is 14.2 Å². The molecule has 0 saturated heterocycles. The Morgan fingerprint density at radius 3 is 2.06 bits per heavy atom. The van der Waals surface area contributed by atoms with Crippen molar-refractivity contribution < 1.29 is 32.7 Å². The molecule has 7 nitrogen and oxygen atoms in total. The zero-order valence-corrected chi connectivity index (χ0v) is 11.2. The predicted octanol–water partition coefficient (Wildman–Crippen LogP) is 2.13. The molecule has 100 valence electrons. The largest absolute Gasteiger partial charge is 0.427 e. The first-order chi connectivity index (χ1) is 7.93. The molecule has 0 spiro atoms. The van der Waals surface area contributed by atoms with Crippen molar-refractivity contribution in [2.45, 2.75) is 13.8 Å². The van der Waals surface area contributed by atoms with Gasteiger partial charge in [0.1, 0.15) is 6.16 Å². The summed E-state index contributed by atoms with van der Waals surface area (Å²) in [4.78, 5) is 21.4. The molecule has 0 rings (SSSR count). The Bertz CT molecular complexity index is 296. The highest BCUT2D eigenvalue weighted by Gasteiger charge is 2.28. The van der Waals surface area contributed by atoms with Crippen LogP contribution in [0.3, 0.4) is 0 Å². The topological polar surface area (TPSA) is 88.1 Å². The highest BCUT2D eigenvalue weighted by atomic mass is 35.5. The van der Waals surface area contributed by atoms with Gasteiger partial charge in [-0.3, -0.25) is 9.36 Å². The summed E-state index contributed by atoms with van der Waals surface area (Å²) in [6.45, 7) is 2.88. The number of halogens is 1. The fraction of sp³-hybridized carbons (Fsp3) is 0.750. The molecule has 0 aliphatic carbocycles. The Morgan fingerprint density at radius 1 is 1.12 bits per heavy atom. The third-order valence-corrected chi connectivity index (χ3v) is 3.42. The maximum atomic E-state index is 11.8. The zero-order valence-electron chi connectivity index (χ0n) is 9.51. The van der Waals surface area contributed by atoms with E-state index < -0.39 is 31.9 Å². The minimum absolute atomic E-state index is 0.140. The average molecular weight is 289 g/mol. The fourth-order valence-electron chi connectivity index (χ4n) is 0.867. The lowest BCUT2D eigenvalue weighted by atomic mass is 10.8. The van der Waals surface area contributed by atoms with Gasteiger partial charge < -0.3 is 18.5 Å². The molecule has 0 saturated carbocycles. The molecule has 0 amide bonds. The molecule has 0 fully saturated rings. The Morgan fingerprint density at radius 2 is 1.65 bits per heavy atom. The summed E-state index contributed by atoms with van der Waals surface area (Å²) in [5.74, 6) is -0.867. The Hall–Kier alpha value is -0.620. The van der Waals surface area contributed by atoms with Gasteiger partial charge in [0.25, 0.3) is 0 Å². The smallest absolute Gasteiger partial charge is 0.406 e. The number of rotatable bonds is 8. The SMILES string of the molecule is CCOP(=O)(CC(=O)OCOC(=O)Cl)OCC. The molecular weight excluding hydrogens is 275 g/mol. The zero-order chi connectivity index (χ0) is 13.3. The number of carbonyl (C=O) groups is 2. The van der Waals surface area contributed by atoms with Crippen molar-refractivity contribution >= 4 is 30.6 Å². The van der Waals surface area contributed by atoms with Gasteiger partial charge in [0, 0.05) is 11.6 Å². The second-order valence-electron chi connectivity index (χ2n) is 2.62. The molecule has 17 heavy (non-hydrogen) atoms. The summed E-state index contributed by atoms with van der Waals surface area (Å²) >= 11 is 4.84. The molecule has 0 aliphatic heterocycles. The number of ether oxygens (including phenoxy) is 2. The van der Waals surface area contributed by atoms with Crippen LogP contribution in [-0.4, -0.2) is 37.6 Å². The van der Waals surface area contributed by atoms with E-state index in [0.717, 1.165) is 0 Å². The van der Waals surface area contributed by atoms with E-state index >= 15 is 0 Å². The van der Waals surface area contributed by atoms with Crippen molar-refractivity contribution in [1.82, 2.24) is 0 Å². The summed E-state index contributed by atoms with van der Waals surface area (Å²) in [5.41, 5.74) is -1.10. The van der Waals surface area contributed by atoms with Gasteiger partial charge in [-0.25, -0.2) is 4.79 Å². The summed E-state index contributed by atoms with van der Waals surface area (Å²) in [5, 5.41) is 0. The standard InChI is InChI=1S/C8H14ClO7P/c1-3-15-17(12,16-4-2)5-7(10)13-6-14-8(9)11/h3-6H2,1-2H3. The van der Waals surface area contributed by atoms with E-state index in [1.54, 1.807) is 13.8 Å². The van der Waals surface area contributed by atoms with E-state index in [2.05, 4.69) is 9.47 Å². The van der Waals surface area contributed by atoms with Crippen LogP contribution in [-0.2, 0) is 27.9 Å². The van der Waals surface area contributed by atoms with Crippen LogP contribution in [0.4, 0.5) is 4.79 Å². The Balaban J connectivity index is 4.12. The third kappa shape index (κ3) is 8.15. The van der Waals surface area contributed by atoms with E-state index in [1.807, 2.05) is 0 Å². The van der Waals surface area contributed by atoms with Crippen LogP contribution in [0.5, 0.6) is 0 Å². The van der Waals surface area contributed by atoms with Gasteiger partial charge >= 0.3 is 19.0 Å². The van der Waals surface area contributed by atoms with Gasteiger partial charge in [0.2, 0.25) is 6.79 Å². The summed E-state index contributed by atoms with van der Waals surface area (Å²) in [6.07, 6.45) is -0.547. The van der Waals surface area contributed by atoms with Gasteiger partial charge in [-0.15, -0.1) is 0 Å². The summed E-state index contributed by atoms with van der Waals surface area (Å²) in [7, 11) is -3.49. The van der Waals surface area contributed by atoms with Gasteiger partial charge in [-0.05, 0) is 13.8 Å². The Kier molecular flexibility index (Phi) is 8.16. The van der Waals surface area contributed by atoms with Crippen molar-refractivity contribution in [3.63, 3.8) is 0 Å². The quantitative estimate of drug-likeness (QED) is 0.292. The van der Waals surface area contributed by atoms with Gasteiger partial charge in [0.15, 0.2) is 0 Å². The second kappa shape index (κ2) is 8.47. The van der Waals surface area contributed by atoms with Crippen LogP contribution in [0, 0.1) is 0 Å². The van der Waals surface area contributed by atoms with Crippen LogP contribution in [0.15, 0.2) is 0 Å². The molecule has 0 radical (unpaired) electrons. The number of hydrogen-bond donors (Lipinski definition) is 0. The van der Waals surface area contributed by atoms with E-state index in [-0.39, 0.29) is 13.2 Å². The molecule has 0 aromatic heterocycles. The van der Waals surface area contributed by atoms with Crippen molar-refractivity contribution in [3.8, 4) is 0 Å². The third-order valence-electron chi connectivity index (χ3n) is 1.37. The minimum atomic E-state index is -3.49. The van der Waals surface area contributed by atoms with Gasteiger partial charge in [0.05, 0.1) is 13.2 Å². The van der Waals surface area contributed by atoms with E-state index in [0.29, 0.717) is 0 Å². The summed E-state index contributed by atoms with van der Waals surface area (Å²) in [6, 6.07) is 0. The van der Waals surface area contributed by atoms with Crippen LogP contribution in [0.1, 0.15) is 13.8 Å². The second-order valence-corrected chi connectivity index (χ2v) is 4.98. The molecule has 0 aliphatic rings. The minimum Gasteiger partial charge on any atom is -0.427 e. The van der Waals surface area contributed by atoms with Crippen LogP contribution >= 0.6 is 19.2 Å². The molecule has 0 aromatic carbocycles. The van der Waals surface area contributed by atoms with E-state index in [1.165, 1.54) is 0 Å². The van der Waals surface area contributed by atoms with Crippen molar-refractivity contribution in [2.75, 3.05) is 26.2 Å². The first-order valence-corrected chi connectivity index (χ1v) is 6.90. The fourth-order valence-corrected chi connectivity index (χ4v) is 2.36. The van der Waals surface area contributed by atoms with Crippen molar-refractivity contribution in [1.29, 1.82) is 0 Å². The molecule has 0 bridgehead atoms. The van der Waals surface area contributed by atoms with Crippen molar-refractivity contribution in [2.24, 2.45) is 0 Å². The lowest BCUT2D eigenvalue weighted by Gasteiger charge is -2.15. The highest BCUT2D eigenvalue weighted by molar-refractivity contribution is 7.54. The molecule has 0 aromatic rings. The van der Waals surface area contributed by atoms with E-state index in [4.69, 9.17) is 20.6 Å². The monoisotopic (exact) mass is 288 g/mol. The molecule has 0 heterocycles. The lowest BCUT2D eigenvalue weighted by Crippen LogP contribution is -2.15. The first kappa shape index (κ1) is 16.4. The molecular formula is C8H14ClO7P. The van der Waals surface area contributed by atoms with Crippen LogP contribution < -0.4 is 0 Å². The van der Waals surface area contributed by atoms with Gasteiger partial charge in [-0.2, -0.15) is 0 Å². The number of carbonyl (C=O) groups excluding carboxylic acids is 2. The maximum Gasteiger partial charge on any atom is 0.406 e. The summed E-state index contributed by atoms with van der Waals surface area (Å²) < 4.78 is 30.2. The Labute approximate surface area is 104 Å². The predicted molar refractivity (Wildman–Crippen MR) is 59.0 cm³/mol. The normalized spacial score (nSPS) is 11.0. The van der Waals surface area contributed by atoms with Crippen molar-refractivity contribution in [3.05, 3.63) is 0 Å². The number of esters is 1. The first-order valence-electron chi connectivity index (χ1n) is 4.79.